The smallest absolute Gasteiger partial charge is 0.275 e. The zero-order chi connectivity index (χ0) is 15.4. The Labute approximate surface area is 119 Å². The monoisotopic (exact) mass is 288 g/mol. The molecule has 21 heavy (non-hydrogen) atoms. The van der Waals surface area contributed by atoms with Crippen molar-refractivity contribution in [1.82, 2.24) is 0 Å². The van der Waals surface area contributed by atoms with Gasteiger partial charge in [-0.2, -0.15) is 0 Å². The van der Waals surface area contributed by atoms with E-state index in [2.05, 4.69) is 5.43 Å². The van der Waals surface area contributed by atoms with Crippen LogP contribution in [-0.4, -0.2) is 10.8 Å². The standard InChI is InChI=1S/C13H12N4O4/c14-13(18)11-3-1-2-4-12(11)21-10-6-8(16-15)5-9(7-10)17(19)20/h1-7,16H,15H2,(H2,14,18). The van der Waals surface area contributed by atoms with Crippen LogP contribution < -0.4 is 21.7 Å². The van der Waals surface area contributed by atoms with Crippen molar-refractivity contribution in [3.05, 3.63) is 58.1 Å². The predicted octanol–water partition coefficient (Wildman–Crippen LogP) is 1.77. The fraction of sp³-hybridized carbons (Fsp3) is 0. The molecule has 0 radical (unpaired) electrons. The summed E-state index contributed by atoms with van der Waals surface area (Å²) in [5, 5.41) is 10.9. The van der Waals surface area contributed by atoms with Crippen molar-refractivity contribution in [3.8, 4) is 11.5 Å². The summed E-state index contributed by atoms with van der Waals surface area (Å²) >= 11 is 0. The number of hydrazine groups is 1. The highest BCUT2D eigenvalue weighted by Gasteiger charge is 2.13. The lowest BCUT2D eigenvalue weighted by atomic mass is 10.2. The van der Waals surface area contributed by atoms with E-state index in [-0.39, 0.29) is 22.7 Å². The lowest BCUT2D eigenvalue weighted by Gasteiger charge is -2.10. The number of ether oxygens (including phenoxy) is 1. The van der Waals surface area contributed by atoms with Crippen molar-refractivity contribution < 1.29 is 14.5 Å². The number of nitrogens with one attached hydrogen (secondary N) is 1. The van der Waals surface area contributed by atoms with E-state index in [1.54, 1.807) is 12.1 Å². The molecule has 8 nitrogen and oxygen atoms in total. The number of rotatable bonds is 5. The number of nitro benzene ring substituents is 1. The molecule has 0 saturated heterocycles. The van der Waals surface area contributed by atoms with Crippen LogP contribution in [0.25, 0.3) is 0 Å². The van der Waals surface area contributed by atoms with Gasteiger partial charge in [0.05, 0.1) is 22.2 Å². The van der Waals surface area contributed by atoms with E-state index in [0.29, 0.717) is 5.69 Å². The number of nitrogens with two attached hydrogens (primary N) is 2. The molecule has 0 fully saturated rings. The minimum Gasteiger partial charge on any atom is -0.456 e. The summed E-state index contributed by atoms with van der Waals surface area (Å²) in [6.07, 6.45) is 0. The van der Waals surface area contributed by atoms with Crippen LogP contribution >= 0.6 is 0 Å². The minimum absolute atomic E-state index is 0.158. The van der Waals surface area contributed by atoms with E-state index in [1.807, 2.05) is 0 Å². The summed E-state index contributed by atoms with van der Waals surface area (Å²) in [5.74, 6) is 4.96. The Hall–Kier alpha value is -3.13. The van der Waals surface area contributed by atoms with Gasteiger partial charge in [-0.25, -0.2) is 0 Å². The van der Waals surface area contributed by atoms with Crippen LogP contribution in [-0.2, 0) is 0 Å². The van der Waals surface area contributed by atoms with Gasteiger partial charge < -0.3 is 15.9 Å². The van der Waals surface area contributed by atoms with Crippen LogP contribution in [0.3, 0.4) is 0 Å². The van der Waals surface area contributed by atoms with Gasteiger partial charge in [-0.05, 0) is 12.1 Å². The van der Waals surface area contributed by atoms with Crippen molar-refractivity contribution in [2.45, 2.75) is 0 Å². The molecular formula is C13H12N4O4. The molecule has 108 valence electrons. The number of non-ortho nitro benzene ring substituents is 1. The van der Waals surface area contributed by atoms with Gasteiger partial charge in [0.1, 0.15) is 11.5 Å². The maximum absolute atomic E-state index is 11.3. The first-order valence-corrected chi connectivity index (χ1v) is 5.84. The number of anilines is 1. The summed E-state index contributed by atoms with van der Waals surface area (Å²) in [6, 6.07) is 10.3. The highest BCUT2D eigenvalue weighted by Crippen LogP contribution is 2.30. The number of benzene rings is 2. The molecule has 0 aliphatic heterocycles. The van der Waals surface area contributed by atoms with Crippen LogP contribution in [0.2, 0.25) is 0 Å². The second-order valence-corrected chi connectivity index (χ2v) is 4.08. The van der Waals surface area contributed by atoms with Gasteiger partial charge in [-0.1, -0.05) is 12.1 Å². The lowest BCUT2D eigenvalue weighted by molar-refractivity contribution is -0.384. The van der Waals surface area contributed by atoms with E-state index >= 15 is 0 Å². The molecule has 2 aromatic carbocycles. The van der Waals surface area contributed by atoms with E-state index in [1.165, 1.54) is 30.3 Å². The predicted molar refractivity (Wildman–Crippen MR) is 75.9 cm³/mol. The van der Waals surface area contributed by atoms with Gasteiger partial charge in [-0.3, -0.25) is 20.8 Å². The van der Waals surface area contributed by atoms with Crippen molar-refractivity contribution in [1.29, 1.82) is 0 Å². The van der Waals surface area contributed by atoms with Crippen LogP contribution in [0.15, 0.2) is 42.5 Å². The van der Waals surface area contributed by atoms with Crippen LogP contribution in [0.5, 0.6) is 11.5 Å². The van der Waals surface area contributed by atoms with Crippen LogP contribution in [0, 0.1) is 10.1 Å². The Morgan fingerprint density at radius 1 is 1.24 bits per heavy atom. The summed E-state index contributed by atoms with van der Waals surface area (Å²) < 4.78 is 5.50. The summed E-state index contributed by atoms with van der Waals surface area (Å²) in [4.78, 5) is 21.6. The largest absolute Gasteiger partial charge is 0.456 e. The maximum Gasteiger partial charge on any atom is 0.275 e. The number of primary amides is 1. The van der Waals surface area contributed by atoms with Crippen molar-refractivity contribution in [2.75, 3.05) is 5.43 Å². The number of carbonyl (C=O) groups excluding carboxylic acids is 1. The fourth-order valence-corrected chi connectivity index (χ4v) is 1.72. The molecular weight excluding hydrogens is 276 g/mol. The van der Waals surface area contributed by atoms with Crippen LogP contribution in [0.1, 0.15) is 10.4 Å². The average molecular weight is 288 g/mol. The fourth-order valence-electron chi connectivity index (χ4n) is 1.72. The maximum atomic E-state index is 11.3. The van der Waals surface area contributed by atoms with E-state index in [0.717, 1.165) is 0 Å². The zero-order valence-corrected chi connectivity index (χ0v) is 10.8. The molecule has 2 rings (SSSR count). The number of amides is 1. The molecule has 0 heterocycles. The number of nitrogen functional groups attached to an aromatic ring is 1. The molecule has 8 heteroatoms. The van der Waals surface area contributed by atoms with Gasteiger partial charge in [0, 0.05) is 12.1 Å². The number of hydrogen-bond acceptors (Lipinski definition) is 6. The SMILES string of the molecule is NNc1cc(Oc2ccccc2C(N)=O)cc([N+](=O)[O-])c1. The molecule has 0 aliphatic rings. The summed E-state index contributed by atoms with van der Waals surface area (Å²) in [5.41, 5.74) is 7.83. The third kappa shape index (κ3) is 3.25. The molecule has 1 amide bonds. The number of hydrogen-bond donors (Lipinski definition) is 3. The summed E-state index contributed by atoms with van der Waals surface area (Å²) in [6.45, 7) is 0. The van der Waals surface area contributed by atoms with Gasteiger partial charge in [0.15, 0.2) is 0 Å². The topological polar surface area (TPSA) is 134 Å². The zero-order valence-electron chi connectivity index (χ0n) is 10.8. The van der Waals surface area contributed by atoms with Gasteiger partial charge in [-0.15, -0.1) is 0 Å². The molecule has 0 bridgehead atoms. The Morgan fingerprint density at radius 2 is 1.95 bits per heavy atom. The lowest BCUT2D eigenvalue weighted by Crippen LogP contribution is -2.12. The Kier molecular flexibility index (Phi) is 4.00. The van der Waals surface area contributed by atoms with E-state index in [9.17, 15) is 14.9 Å². The number of nitrogens with zero attached hydrogens (tertiary/aromatic N) is 1. The van der Waals surface area contributed by atoms with E-state index in [4.69, 9.17) is 16.3 Å². The molecule has 0 aromatic heterocycles. The number of para-hydroxylation sites is 1. The molecule has 0 aliphatic carbocycles. The normalized spacial score (nSPS) is 9.95. The average Bonchev–Trinajstić information content (AvgIpc) is 2.47. The molecule has 0 unspecified atom stereocenters. The van der Waals surface area contributed by atoms with Gasteiger partial charge >= 0.3 is 0 Å². The highest BCUT2D eigenvalue weighted by molar-refractivity contribution is 5.95. The second-order valence-electron chi connectivity index (χ2n) is 4.08. The first-order chi connectivity index (χ1) is 10.0. The third-order valence-electron chi connectivity index (χ3n) is 2.65. The Morgan fingerprint density at radius 3 is 2.57 bits per heavy atom. The minimum atomic E-state index is -0.659. The van der Waals surface area contributed by atoms with Crippen molar-refractivity contribution in [3.63, 3.8) is 0 Å². The molecule has 0 atom stereocenters. The Bertz CT molecular complexity index is 702. The first kappa shape index (κ1) is 14.3. The number of nitro groups is 1. The highest BCUT2D eigenvalue weighted by atomic mass is 16.6. The number of carbonyl (C=O) groups is 1. The van der Waals surface area contributed by atoms with Crippen LogP contribution in [0.4, 0.5) is 11.4 Å². The van der Waals surface area contributed by atoms with Gasteiger partial charge in [0.2, 0.25) is 0 Å². The molecule has 0 spiro atoms. The van der Waals surface area contributed by atoms with Crippen molar-refractivity contribution in [2.24, 2.45) is 11.6 Å². The first-order valence-electron chi connectivity index (χ1n) is 5.84. The summed E-state index contributed by atoms with van der Waals surface area (Å²) in [7, 11) is 0. The molecule has 2 aromatic rings. The molecule has 0 saturated carbocycles. The van der Waals surface area contributed by atoms with E-state index < -0.39 is 10.8 Å². The van der Waals surface area contributed by atoms with Crippen molar-refractivity contribution >= 4 is 17.3 Å². The Balaban J connectivity index is 2.42. The molecule has 5 N–H and O–H groups in total. The third-order valence-corrected chi connectivity index (χ3v) is 2.65. The van der Waals surface area contributed by atoms with Gasteiger partial charge in [0.25, 0.3) is 11.6 Å². The quantitative estimate of drug-likeness (QED) is 0.436. The second kappa shape index (κ2) is 5.88.